The fraction of sp³-hybridized carbons (Fsp3) is 0.190. The number of nitrogens with one attached hydrogen (secondary N) is 1. The lowest BCUT2D eigenvalue weighted by molar-refractivity contribution is 0.412. The topological polar surface area (TPSA) is 100 Å². The van der Waals surface area contributed by atoms with E-state index in [9.17, 15) is 13.0 Å². The number of halogens is 2. The van der Waals surface area contributed by atoms with Crippen LogP contribution in [0.2, 0.25) is 0 Å². The first-order valence-corrected chi connectivity index (χ1v) is 11.1. The zero-order valence-electron chi connectivity index (χ0n) is 16.8. The first-order valence-electron chi connectivity index (χ1n) is 9.20. The summed E-state index contributed by atoms with van der Waals surface area (Å²) in [7, 11) is -1.31. The Bertz CT molecular complexity index is 1270. The molecule has 0 saturated heterocycles. The summed E-state index contributed by atoms with van der Waals surface area (Å²) in [5, 5.41) is 11.7. The second-order valence-electron chi connectivity index (χ2n) is 6.46. The normalized spacial score (nSPS) is 12.5. The van der Waals surface area contributed by atoms with Crippen LogP contribution in [0.5, 0.6) is 5.75 Å². The van der Waals surface area contributed by atoms with Gasteiger partial charge in [-0.3, -0.25) is 0 Å². The third-order valence-electron chi connectivity index (χ3n) is 4.40. The van der Waals surface area contributed by atoms with E-state index in [1.54, 1.807) is 37.4 Å². The van der Waals surface area contributed by atoms with Gasteiger partial charge in [-0.15, -0.1) is 4.36 Å². The Morgan fingerprint density at radius 2 is 2.06 bits per heavy atom. The van der Waals surface area contributed by atoms with Crippen molar-refractivity contribution >= 4 is 21.4 Å². The number of methoxy groups -OCH3 is 1. The molecule has 2 aromatic carbocycles. The van der Waals surface area contributed by atoms with Gasteiger partial charge in [0.15, 0.2) is 5.82 Å². The van der Waals surface area contributed by atoms with Crippen molar-refractivity contribution in [2.45, 2.75) is 12.7 Å². The number of aromatic nitrogens is 2. The molecule has 10 heteroatoms. The van der Waals surface area contributed by atoms with Crippen LogP contribution in [0.3, 0.4) is 0 Å². The van der Waals surface area contributed by atoms with E-state index in [0.29, 0.717) is 11.3 Å². The Hall–Kier alpha value is -3.58. The predicted molar refractivity (Wildman–Crippen MR) is 114 cm³/mol. The number of ether oxygens (including phenoxy) is 1. The minimum atomic E-state index is -2.67. The summed E-state index contributed by atoms with van der Waals surface area (Å²) in [6, 6.07) is 10.7. The largest absolute Gasteiger partial charge is 0.496 e. The molecule has 1 N–H and O–H groups in total. The lowest BCUT2D eigenvalue weighted by atomic mass is 10.1. The molecular formula is C21H19F2N5O2S. The standard InChI is InChI=1S/C21H19F2N5O2S/c1-3-31(29,26-13-24)12-14-5-4-6-16(9-14)27-21-25-11-18(23)20(28-21)17-8-7-15(22)10-19(17)30-2/h4-11H,3,12H2,1-2H3,(H,25,27,28)/t31-/m1/s1. The quantitative estimate of drug-likeness (QED) is 0.534. The molecule has 1 atom stereocenters. The molecule has 3 rings (SSSR count). The van der Waals surface area contributed by atoms with Crippen molar-refractivity contribution in [3.8, 4) is 23.2 Å². The molecule has 7 nitrogen and oxygen atoms in total. The first kappa shape index (κ1) is 22.1. The van der Waals surface area contributed by atoms with E-state index in [-0.39, 0.29) is 34.5 Å². The summed E-state index contributed by atoms with van der Waals surface area (Å²) in [4.78, 5) is 8.16. The van der Waals surface area contributed by atoms with Crippen LogP contribution < -0.4 is 10.1 Å². The van der Waals surface area contributed by atoms with Gasteiger partial charge in [-0.1, -0.05) is 19.1 Å². The summed E-state index contributed by atoms with van der Waals surface area (Å²) in [6.45, 7) is 1.71. The Kier molecular flexibility index (Phi) is 6.77. The van der Waals surface area contributed by atoms with Crippen LogP contribution in [0, 0.1) is 23.1 Å². The van der Waals surface area contributed by atoms with Crippen LogP contribution in [-0.2, 0) is 15.5 Å². The van der Waals surface area contributed by atoms with E-state index in [1.807, 2.05) is 0 Å². The van der Waals surface area contributed by atoms with Crippen molar-refractivity contribution in [3.63, 3.8) is 0 Å². The van der Waals surface area contributed by atoms with E-state index in [4.69, 9.17) is 10.00 Å². The second-order valence-corrected chi connectivity index (χ2v) is 9.05. The molecule has 160 valence electrons. The number of hydrogen-bond acceptors (Lipinski definition) is 7. The maximum absolute atomic E-state index is 14.4. The molecule has 3 aromatic rings. The van der Waals surface area contributed by atoms with Gasteiger partial charge in [-0.25, -0.2) is 23.0 Å². The zero-order chi connectivity index (χ0) is 22.4. The number of anilines is 2. The minimum Gasteiger partial charge on any atom is -0.496 e. The molecule has 1 aromatic heterocycles. The molecule has 0 aliphatic heterocycles. The first-order chi connectivity index (χ1) is 14.9. The number of hydrogen-bond donors (Lipinski definition) is 1. The van der Waals surface area contributed by atoms with Crippen molar-refractivity contribution in [2.24, 2.45) is 4.36 Å². The second kappa shape index (κ2) is 9.49. The molecule has 0 aliphatic carbocycles. The van der Waals surface area contributed by atoms with Crippen molar-refractivity contribution in [2.75, 3.05) is 18.2 Å². The summed E-state index contributed by atoms with van der Waals surface area (Å²) in [6.07, 6.45) is 2.63. The SMILES string of the molecule is CC[S@@](=O)(Cc1cccc(Nc2ncc(F)c(-c3ccc(F)cc3OC)n2)c1)=NC#N. The van der Waals surface area contributed by atoms with Gasteiger partial charge in [-0.05, 0) is 29.8 Å². The van der Waals surface area contributed by atoms with Gasteiger partial charge in [-0.2, -0.15) is 5.26 Å². The summed E-state index contributed by atoms with van der Waals surface area (Å²) in [5.41, 5.74) is 1.52. The third kappa shape index (κ3) is 5.32. The van der Waals surface area contributed by atoms with Gasteiger partial charge in [0, 0.05) is 23.1 Å². The summed E-state index contributed by atoms with van der Waals surface area (Å²) in [5.74, 6) is -0.585. The van der Waals surface area contributed by atoms with Crippen LogP contribution in [-0.4, -0.2) is 27.0 Å². The summed E-state index contributed by atoms with van der Waals surface area (Å²) >= 11 is 0. The molecule has 0 bridgehead atoms. The molecule has 0 spiro atoms. The highest BCUT2D eigenvalue weighted by Crippen LogP contribution is 2.31. The van der Waals surface area contributed by atoms with Gasteiger partial charge in [0.2, 0.25) is 12.1 Å². The van der Waals surface area contributed by atoms with Crippen LogP contribution in [0.15, 0.2) is 53.0 Å². The molecule has 0 saturated carbocycles. The monoisotopic (exact) mass is 443 g/mol. The highest BCUT2D eigenvalue weighted by molar-refractivity contribution is 7.92. The average molecular weight is 443 g/mol. The summed E-state index contributed by atoms with van der Waals surface area (Å²) < 4.78 is 49.2. The number of rotatable bonds is 7. The Balaban J connectivity index is 1.92. The molecule has 1 heterocycles. The fourth-order valence-corrected chi connectivity index (χ4v) is 4.13. The maximum Gasteiger partial charge on any atom is 0.227 e. The molecule has 0 aliphatic rings. The van der Waals surface area contributed by atoms with Crippen molar-refractivity contribution in [1.82, 2.24) is 9.97 Å². The Labute approximate surface area is 178 Å². The van der Waals surface area contributed by atoms with Gasteiger partial charge in [0.25, 0.3) is 0 Å². The smallest absolute Gasteiger partial charge is 0.227 e. The predicted octanol–water partition coefficient (Wildman–Crippen LogP) is 4.64. The molecule has 31 heavy (non-hydrogen) atoms. The van der Waals surface area contributed by atoms with Crippen LogP contribution >= 0.6 is 0 Å². The number of nitrogens with zero attached hydrogens (tertiary/aromatic N) is 4. The Morgan fingerprint density at radius 1 is 1.26 bits per heavy atom. The maximum atomic E-state index is 14.4. The third-order valence-corrected chi connectivity index (χ3v) is 6.50. The molecular weight excluding hydrogens is 424 g/mol. The van der Waals surface area contributed by atoms with Crippen molar-refractivity contribution < 1.29 is 17.7 Å². The molecule has 0 radical (unpaired) electrons. The minimum absolute atomic E-state index is 0.0488. The lowest BCUT2D eigenvalue weighted by Gasteiger charge is -2.12. The van der Waals surface area contributed by atoms with Crippen molar-refractivity contribution in [3.05, 3.63) is 65.9 Å². The molecule has 0 amide bonds. The van der Waals surface area contributed by atoms with E-state index < -0.39 is 21.4 Å². The number of nitriles is 1. The molecule has 0 fully saturated rings. The average Bonchev–Trinajstić information content (AvgIpc) is 2.75. The Morgan fingerprint density at radius 3 is 2.77 bits per heavy atom. The van der Waals surface area contributed by atoms with E-state index in [2.05, 4.69) is 19.6 Å². The fourth-order valence-electron chi connectivity index (χ4n) is 2.88. The zero-order valence-corrected chi connectivity index (χ0v) is 17.6. The van der Waals surface area contributed by atoms with E-state index in [1.165, 1.54) is 19.2 Å². The van der Waals surface area contributed by atoms with Gasteiger partial charge < -0.3 is 10.1 Å². The van der Waals surface area contributed by atoms with Crippen LogP contribution in [0.1, 0.15) is 12.5 Å². The van der Waals surface area contributed by atoms with E-state index >= 15 is 0 Å². The van der Waals surface area contributed by atoms with Gasteiger partial charge >= 0.3 is 0 Å². The van der Waals surface area contributed by atoms with Crippen LogP contribution in [0.25, 0.3) is 11.3 Å². The van der Waals surface area contributed by atoms with Gasteiger partial charge in [0.05, 0.1) is 28.8 Å². The highest BCUT2D eigenvalue weighted by Gasteiger charge is 2.15. The highest BCUT2D eigenvalue weighted by atomic mass is 32.2. The van der Waals surface area contributed by atoms with E-state index in [0.717, 1.165) is 12.3 Å². The van der Waals surface area contributed by atoms with Crippen molar-refractivity contribution in [1.29, 1.82) is 5.26 Å². The van der Waals surface area contributed by atoms with Gasteiger partial charge in [0.1, 0.15) is 17.3 Å². The molecule has 0 unspecified atom stereocenters. The lowest BCUT2D eigenvalue weighted by Crippen LogP contribution is -2.07. The number of benzene rings is 2. The van der Waals surface area contributed by atoms with Crippen LogP contribution in [0.4, 0.5) is 20.4 Å².